The van der Waals surface area contributed by atoms with Crippen LogP contribution >= 0.6 is 0 Å². The summed E-state index contributed by atoms with van der Waals surface area (Å²) in [6, 6.07) is 20.8. The van der Waals surface area contributed by atoms with Crippen molar-refractivity contribution in [3.63, 3.8) is 0 Å². The molecular weight excluding hydrogens is 665 g/mol. The second-order valence-electron chi connectivity index (χ2n) is 13.9. The molecule has 12 nitrogen and oxygen atoms in total. The highest BCUT2D eigenvalue weighted by Gasteiger charge is 2.51. The van der Waals surface area contributed by atoms with Crippen molar-refractivity contribution in [2.75, 3.05) is 70.6 Å². The van der Waals surface area contributed by atoms with Crippen molar-refractivity contribution in [2.45, 2.75) is 24.2 Å². The number of likely N-dealkylation sites (N-methyl/N-ethyl adjacent to an activating group) is 1. The molecule has 3 aliphatic heterocycles. The van der Waals surface area contributed by atoms with Gasteiger partial charge in [0.25, 0.3) is 5.84 Å². The van der Waals surface area contributed by atoms with E-state index in [1.807, 2.05) is 47.2 Å². The number of H-pyrrole nitrogens is 1. The zero-order chi connectivity index (χ0) is 35.8. The van der Waals surface area contributed by atoms with Crippen LogP contribution in [0.2, 0.25) is 0 Å². The van der Waals surface area contributed by atoms with Crippen LogP contribution in [0.25, 0.3) is 27.7 Å². The van der Waals surface area contributed by atoms with Crippen molar-refractivity contribution in [3.8, 4) is 11.3 Å². The molecule has 2 saturated heterocycles. The third-order valence-corrected chi connectivity index (χ3v) is 11.7. The molecule has 13 heteroatoms. The number of nitrogen functional groups attached to an aromatic ring is 1. The van der Waals surface area contributed by atoms with Crippen molar-refractivity contribution in [3.05, 3.63) is 83.9 Å². The molecular formula is C38H45N8O4S+. The number of carbonyl (C=O) groups excluding carboxylic acids is 2. The molecule has 3 aliphatic rings. The first-order chi connectivity index (χ1) is 24.5. The first-order valence-electron chi connectivity index (χ1n) is 17.5. The van der Waals surface area contributed by atoms with E-state index in [2.05, 4.69) is 43.6 Å². The molecule has 0 unspecified atom stereocenters. The number of nitrogens with two attached hydrogens (primary N) is 1. The van der Waals surface area contributed by atoms with Crippen LogP contribution < -0.4 is 20.9 Å². The summed E-state index contributed by atoms with van der Waals surface area (Å²) in [5.74, 6) is 0.853. The normalized spacial score (nSPS) is 20.2. The molecule has 4 heterocycles. The Hall–Kier alpha value is -4.85. The minimum atomic E-state index is -3.31. The zero-order valence-electron chi connectivity index (χ0n) is 29.1. The zero-order valence-corrected chi connectivity index (χ0v) is 29.9. The van der Waals surface area contributed by atoms with E-state index in [4.69, 9.17) is 5.73 Å². The average Bonchev–Trinajstić information content (AvgIpc) is 3.84. The Labute approximate surface area is 298 Å². The molecule has 3 aromatic carbocycles. The number of amides is 2. The predicted molar refractivity (Wildman–Crippen MR) is 199 cm³/mol. The number of likely N-dealkylation sites (tertiary alicyclic amines) is 1. The van der Waals surface area contributed by atoms with Gasteiger partial charge in [0.05, 0.1) is 40.2 Å². The van der Waals surface area contributed by atoms with Gasteiger partial charge in [-0.2, -0.15) is 5.10 Å². The Morgan fingerprint density at radius 2 is 1.76 bits per heavy atom. The number of sulfone groups is 1. The maximum absolute atomic E-state index is 14.0. The molecule has 4 aromatic rings. The van der Waals surface area contributed by atoms with Gasteiger partial charge in [0.2, 0.25) is 11.8 Å². The summed E-state index contributed by atoms with van der Waals surface area (Å²) >= 11 is 0. The number of hydrogen-bond donors (Lipinski definition) is 4. The van der Waals surface area contributed by atoms with Crippen LogP contribution in [0.1, 0.15) is 30.4 Å². The maximum Gasteiger partial charge on any atom is 0.272 e. The number of aromatic amines is 1. The van der Waals surface area contributed by atoms with Crippen molar-refractivity contribution in [1.82, 2.24) is 25.3 Å². The predicted octanol–water partition coefficient (Wildman–Crippen LogP) is 1.38. The van der Waals surface area contributed by atoms with E-state index in [1.165, 1.54) is 11.8 Å². The minimum Gasteiger partial charge on any atom is -0.338 e. The first kappa shape index (κ1) is 34.6. The number of rotatable bonds is 10. The molecule has 0 aliphatic carbocycles. The highest BCUT2D eigenvalue weighted by atomic mass is 32.2. The van der Waals surface area contributed by atoms with E-state index in [0.29, 0.717) is 50.8 Å². The van der Waals surface area contributed by atoms with E-state index in [1.54, 1.807) is 24.3 Å². The second-order valence-corrected chi connectivity index (χ2v) is 15.9. The number of benzene rings is 3. The molecule has 2 amide bonds. The van der Waals surface area contributed by atoms with Gasteiger partial charge in [-0.05, 0) is 86.5 Å². The summed E-state index contributed by atoms with van der Waals surface area (Å²) in [6.07, 6.45) is 5.59. The van der Waals surface area contributed by atoms with Gasteiger partial charge in [-0.25, -0.2) is 8.42 Å². The second kappa shape index (κ2) is 14.0. The number of anilines is 1. The third-order valence-electron chi connectivity index (χ3n) is 10.5. The largest absolute Gasteiger partial charge is 0.338 e. The van der Waals surface area contributed by atoms with E-state index < -0.39 is 15.3 Å². The molecule has 2 fully saturated rings. The highest BCUT2D eigenvalue weighted by Crippen LogP contribution is 2.43. The van der Waals surface area contributed by atoms with E-state index in [-0.39, 0.29) is 16.7 Å². The number of hydrogen-bond acceptors (Lipinski definition) is 7. The van der Waals surface area contributed by atoms with E-state index in [9.17, 15) is 18.0 Å². The van der Waals surface area contributed by atoms with Gasteiger partial charge in [0.15, 0.2) is 9.84 Å². The lowest BCUT2D eigenvalue weighted by atomic mass is 9.85. The summed E-state index contributed by atoms with van der Waals surface area (Å²) in [4.78, 5) is 36.8. The SMILES string of the molecule is CNCC[NH+]=C(N)c1ccc(C2=CCN(C(=O)CN3CC[C@]4(CCN(c5ccc6[nH]nc(-c7ccc(S(C)(=O)=O)cc7)c6c5)C4=O)C3)CC2)cc1. The van der Waals surface area contributed by atoms with Crippen molar-refractivity contribution in [2.24, 2.45) is 11.1 Å². The quantitative estimate of drug-likeness (QED) is 0.109. The number of nitrogens with zero attached hydrogens (tertiary/aromatic N) is 4. The van der Waals surface area contributed by atoms with Crippen LogP contribution in [0.5, 0.6) is 0 Å². The van der Waals surface area contributed by atoms with Gasteiger partial charge in [0, 0.05) is 55.6 Å². The van der Waals surface area contributed by atoms with E-state index in [0.717, 1.165) is 65.6 Å². The summed E-state index contributed by atoms with van der Waals surface area (Å²) in [6.45, 7) is 5.03. The first-order valence-corrected chi connectivity index (χ1v) is 19.4. The average molecular weight is 710 g/mol. The van der Waals surface area contributed by atoms with Crippen molar-refractivity contribution < 1.29 is 23.0 Å². The summed E-state index contributed by atoms with van der Waals surface area (Å²) in [7, 11) is -1.40. The van der Waals surface area contributed by atoms with Gasteiger partial charge in [-0.1, -0.05) is 30.3 Å². The maximum atomic E-state index is 14.0. The lowest BCUT2D eigenvalue weighted by Gasteiger charge is -2.29. The van der Waals surface area contributed by atoms with Crippen LogP contribution in [0, 0.1) is 5.41 Å². The lowest BCUT2D eigenvalue weighted by Crippen LogP contribution is -2.77. The molecule has 1 atom stereocenters. The monoisotopic (exact) mass is 709 g/mol. The molecule has 0 radical (unpaired) electrons. The van der Waals surface area contributed by atoms with Crippen molar-refractivity contribution in [1.29, 1.82) is 0 Å². The van der Waals surface area contributed by atoms with Gasteiger partial charge < -0.3 is 15.1 Å². The summed E-state index contributed by atoms with van der Waals surface area (Å²) in [5, 5.41) is 11.5. The van der Waals surface area contributed by atoms with Gasteiger partial charge >= 0.3 is 0 Å². The van der Waals surface area contributed by atoms with Gasteiger partial charge in [0.1, 0.15) is 0 Å². The topological polar surface area (TPSA) is 159 Å². The van der Waals surface area contributed by atoms with Crippen LogP contribution in [-0.4, -0.2) is 112 Å². The van der Waals surface area contributed by atoms with Crippen LogP contribution in [0.15, 0.2) is 77.7 Å². The minimum absolute atomic E-state index is 0.0949. The fourth-order valence-electron chi connectivity index (χ4n) is 7.53. The Kier molecular flexibility index (Phi) is 9.53. The number of nitrogens with one attached hydrogen (secondary N) is 3. The summed E-state index contributed by atoms with van der Waals surface area (Å²) in [5.41, 5.74) is 12.1. The fourth-order valence-corrected chi connectivity index (χ4v) is 8.16. The Morgan fingerprint density at radius 1 is 1.02 bits per heavy atom. The lowest BCUT2D eigenvalue weighted by molar-refractivity contribution is -0.455. The van der Waals surface area contributed by atoms with Gasteiger partial charge in [-0.3, -0.25) is 30.3 Å². The van der Waals surface area contributed by atoms with E-state index >= 15 is 0 Å². The number of aromatic nitrogens is 2. The van der Waals surface area contributed by atoms with Crippen molar-refractivity contribution >= 4 is 49.7 Å². The fraction of sp³-hybridized carbons (Fsp3) is 0.368. The highest BCUT2D eigenvalue weighted by molar-refractivity contribution is 7.90. The Balaban J connectivity index is 0.961. The molecule has 51 heavy (non-hydrogen) atoms. The molecule has 5 N–H and O–H groups in total. The molecule has 7 rings (SSSR count). The van der Waals surface area contributed by atoms with Crippen LogP contribution in [0.4, 0.5) is 5.69 Å². The smallest absolute Gasteiger partial charge is 0.272 e. The number of fused-ring (bicyclic) bond motifs is 1. The molecule has 0 saturated carbocycles. The summed E-state index contributed by atoms with van der Waals surface area (Å²) < 4.78 is 23.9. The Morgan fingerprint density at radius 3 is 2.47 bits per heavy atom. The molecule has 1 aromatic heterocycles. The molecule has 1 spiro atoms. The number of carbonyl (C=O) groups is 2. The molecule has 266 valence electrons. The third kappa shape index (κ3) is 7.06. The van der Waals surface area contributed by atoms with Gasteiger partial charge in [-0.15, -0.1) is 0 Å². The standard InChI is InChI=1S/C38H44N8O4S/c1-40-17-18-41-36(39)29-5-3-26(4-6-29)27-13-19-45(20-14-27)34(47)24-44-21-15-38(25-44)16-22-46(37(38)48)30-9-12-33-32(23-30)35(43-42-33)28-7-10-31(11-8-28)51(2,49)50/h3-13,23,40H,14-22,24-25H2,1-2H3,(H2,39,41)(H,42,43)/p+1/t38-/m0/s1. The van der Waals surface area contributed by atoms with Crippen LogP contribution in [-0.2, 0) is 19.4 Å². The molecule has 0 bridgehead atoms. The van der Waals surface area contributed by atoms with Crippen LogP contribution in [0.3, 0.4) is 0 Å². The number of amidine groups is 1. The Bertz CT molecular complexity index is 2120.